The summed E-state index contributed by atoms with van der Waals surface area (Å²) in [5.41, 5.74) is 7.57. The molecule has 1 aromatic heterocycles. The van der Waals surface area contributed by atoms with Crippen molar-refractivity contribution >= 4 is 11.9 Å². The fourth-order valence-electron chi connectivity index (χ4n) is 3.39. The predicted octanol–water partition coefficient (Wildman–Crippen LogP) is 1.84. The Kier molecular flexibility index (Phi) is 5.43. The number of hydrogen-bond donors (Lipinski definition) is 2. The molecule has 1 aliphatic rings. The number of amides is 1. The van der Waals surface area contributed by atoms with Gasteiger partial charge >= 0.3 is 0 Å². The average molecular weight is 372 g/mol. The van der Waals surface area contributed by atoms with E-state index in [0.717, 1.165) is 11.3 Å². The molecule has 3 N–H and O–H groups in total. The van der Waals surface area contributed by atoms with Gasteiger partial charge in [-0.05, 0) is 38.1 Å². The summed E-state index contributed by atoms with van der Waals surface area (Å²) in [6.45, 7) is 4.43. The molecular weight excluding hydrogens is 347 g/mol. The van der Waals surface area contributed by atoms with Crippen molar-refractivity contribution in [1.29, 1.82) is 0 Å². The average Bonchev–Trinajstić information content (AvgIpc) is 3.18. The van der Waals surface area contributed by atoms with Crippen LogP contribution in [-0.4, -0.2) is 46.2 Å². The van der Waals surface area contributed by atoms with E-state index in [9.17, 15) is 9.18 Å². The molecule has 0 aliphatic carbocycles. The number of benzene rings is 1. The summed E-state index contributed by atoms with van der Waals surface area (Å²) < 4.78 is 14.8. The van der Waals surface area contributed by atoms with Gasteiger partial charge in [0.05, 0.1) is 17.9 Å². The molecule has 7 nitrogen and oxygen atoms in total. The Hall–Kier alpha value is -2.90. The number of nitrogens with zero attached hydrogens (tertiary/aromatic N) is 4. The molecule has 2 heterocycles. The van der Waals surface area contributed by atoms with E-state index in [4.69, 9.17) is 5.73 Å². The maximum atomic E-state index is 13.1. The lowest BCUT2D eigenvalue weighted by Gasteiger charge is -2.23. The molecule has 144 valence electrons. The lowest BCUT2D eigenvalue weighted by Crippen LogP contribution is -2.37. The first-order valence-corrected chi connectivity index (χ1v) is 8.97. The van der Waals surface area contributed by atoms with Crippen LogP contribution in [0.15, 0.2) is 41.7 Å². The van der Waals surface area contributed by atoms with Crippen molar-refractivity contribution in [2.24, 2.45) is 16.6 Å². The van der Waals surface area contributed by atoms with Gasteiger partial charge in [0.25, 0.3) is 0 Å². The van der Waals surface area contributed by atoms with E-state index >= 15 is 0 Å². The number of nitrogens with two attached hydrogens (primary N) is 1. The van der Waals surface area contributed by atoms with Gasteiger partial charge in [-0.15, -0.1) is 0 Å². The highest BCUT2D eigenvalue weighted by Gasteiger charge is 2.39. The second-order valence-electron chi connectivity index (χ2n) is 7.13. The molecule has 0 saturated carbocycles. The normalized spacial score (nSPS) is 20.6. The van der Waals surface area contributed by atoms with Crippen molar-refractivity contribution in [2.75, 3.05) is 13.6 Å². The molecule has 1 aromatic carbocycles. The highest BCUT2D eigenvalue weighted by molar-refractivity contribution is 5.80. The second kappa shape index (κ2) is 7.77. The van der Waals surface area contributed by atoms with E-state index in [1.807, 2.05) is 20.0 Å². The van der Waals surface area contributed by atoms with Gasteiger partial charge in [0.15, 0.2) is 5.96 Å². The van der Waals surface area contributed by atoms with E-state index in [2.05, 4.69) is 15.4 Å². The summed E-state index contributed by atoms with van der Waals surface area (Å²) in [5.74, 6) is 0.177. The lowest BCUT2D eigenvalue weighted by atomic mass is 9.96. The molecule has 0 unspecified atom stereocenters. The summed E-state index contributed by atoms with van der Waals surface area (Å²) in [4.78, 5) is 18.4. The number of aliphatic imine (C=N–C) groups is 1. The van der Waals surface area contributed by atoms with Crippen molar-refractivity contribution in [3.8, 4) is 5.69 Å². The van der Waals surface area contributed by atoms with Gasteiger partial charge in [0.1, 0.15) is 5.82 Å². The van der Waals surface area contributed by atoms with E-state index < -0.39 is 0 Å². The first-order valence-electron chi connectivity index (χ1n) is 8.97. The van der Waals surface area contributed by atoms with Gasteiger partial charge in [-0.1, -0.05) is 0 Å². The number of carbonyl (C=O) groups is 1. The standard InChI is InChI=1S/C19H25FN6O/c1-12(2)24-19(21)22-9-13-8-17(27)25(3)18(13)14-10-23-26(11-14)16-6-4-15(20)5-7-16/h4-7,10-13,18H,8-9H2,1-3H3,(H3,21,22,24)/t13-,18+/m0/s1. The van der Waals surface area contributed by atoms with Crippen molar-refractivity contribution in [2.45, 2.75) is 32.4 Å². The van der Waals surface area contributed by atoms with Crippen LogP contribution in [0.25, 0.3) is 5.69 Å². The van der Waals surface area contributed by atoms with Crippen LogP contribution in [0.3, 0.4) is 0 Å². The minimum Gasteiger partial charge on any atom is -0.370 e. The van der Waals surface area contributed by atoms with Gasteiger partial charge in [0, 0.05) is 43.7 Å². The third-order valence-corrected chi connectivity index (χ3v) is 4.66. The van der Waals surface area contributed by atoms with Crippen molar-refractivity contribution in [3.63, 3.8) is 0 Å². The zero-order chi connectivity index (χ0) is 19.6. The van der Waals surface area contributed by atoms with E-state index in [0.29, 0.717) is 18.9 Å². The lowest BCUT2D eigenvalue weighted by molar-refractivity contribution is -0.127. The molecule has 0 radical (unpaired) electrons. The zero-order valence-electron chi connectivity index (χ0n) is 15.8. The zero-order valence-corrected chi connectivity index (χ0v) is 15.8. The van der Waals surface area contributed by atoms with Crippen molar-refractivity contribution in [3.05, 3.63) is 48.0 Å². The molecule has 2 aromatic rings. The Labute approximate surface area is 158 Å². The molecule has 3 rings (SSSR count). The SMILES string of the molecule is CC(C)NC(N)=NC[C@@H]1CC(=O)N(C)[C@H]1c1cnn(-c2ccc(F)cc2)c1. The Balaban J connectivity index is 1.80. The maximum absolute atomic E-state index is 13.1. The van der Waals surface area contributed by atoms with Crippen LogP contribution in [0.2, 0.25) is 0 Å². The van der Waals surface area contributed by atoms with E-state index in [1.54, 1.807) is 35.0 Å². The van der Waals surface area contributed by atoms with Crippen LogP contribution >= 0.6 is 0 Å². The first kappa shape index (κ1) is 18.9. The summed E-state index contributed by atoms with van der Waals surface area (Å²) in [6.07, 6.45) is 4.04. The van der Waals surface area contributed by atoms with Crippen molar-refractivity contribution < 1.29 is 9.18 Å². The summed E-state index contributed by atoms with van der Waals surface area (Å²) in [6, 6.07) is 6.19. The molecule has 8 heteroatoms. The minimum atomic E-state index is -0.294. The number of nitrogens with one attached hydrogen (secondary N) is 1. The molecule has 1 amide bonds. The van der Waals surface area contributed by atoms with Crippen LogP contribution in [-0.2, 0) is 4.79 Å². The molecule has 0 bridgehead atoms. The smallest absolute Gasteiger partial charge is 0.223 e. The quantitative estimate of drug-likeness (QED) is 0.619. The molecule has 1 saturated heterocycles. The number of likely N-dealkylation sites (tertiary alicyclic amines) is 1. The molecular formula is C19H25FN6O. The predicted molar refractivity (Wildman–Crippen MR) is 102 cm³/mol. The first-order chi connectivity index (χ1) is 12.8. The number of rotatable bonds is 5. The Morgan fingerprint density at radius 1 is 1.41 bits per heavy atom. The number of halogens is 1. The van der Waals surface area contributed by atoms with Crippen LogP contribution in [0.1, 0.15) is 31.9 Å². The number of hydrogen-bond acceptors (Lipinski definition) is 3. The Morgan fingerprint density at radius 3 is 2.78 bits per heavy atom. The van der Waals surface area contributed by atoms with Gasteiger partial charge in [-0.2, -0.15) is 5.10 Å². The summed E-state index contributed by atoms with van der Waals surface area (Å²) >= 11 is 0. The van der Waals surface area contributed by atoms with Crippen LogP contribution in [0.5, 0.6) is 0 Å². The van der Waals surface area contributed by atoms with Gasteiger partial charge in [-0.25, -0.2) is 9.07 Å². The molecule has 2 atom stereocenters. The van der Waals surface area contributed by atoms with Gasteiger partial charge in [-0.3, -0.25) is 9.79 Å². The molecule has 27 heavy (non-hydrogen) atoms. The molecule has 1 fully saturated rings. The number of aromatic nitrogens is 2. The van der Waals surface area contributed by atoms with Crippen LogP contribution < -0.4 is 11.1 Å². The topological polar surface area (TPSA) is 88.5 Å². The fourth-order valence-corrected chi connectivity index (χ4v) is 3.39. The Morgan fingerprint density at radius 2 is 2.11 bits per heavy atom. The van der Waals surface area contributed by atoms with Crippen LogP contribution in [0, 0.1) is 11.7 Å². The monoisotopic (exact) mass is 372 g/mol. The molecule has 1 aliphatic heterocycles. The Bertz CT molecular complexity index is 829. The third-order valence-electron chi connectivity index (χ3n) is 4.66. The fraction of sp³-hybridized carbons (Fsp3) is 0.421. The highest BCUT2D eigenvalue weighted by Crippen LogP contribution is 2.37. The number of guanidine groups is 1. The van der Waals surface area contributed by atoms with Crippen molar-refractivity contribution in [1.82, 2.24) is 20.0 Å². The van der Waals surface area contributed by atoms with Gasteiger partial charge < -0.3 is 16.0 Å². The summed E-state index contributed by atoms with van der Waals surface area (Å²) in [7, 11) is 1.79. The second-order valence-corrected chi connectivity index (χ2v) is 7.13. The van der Waals surface area contributed by atoms with Gasteiger partial charge in [0.2, 0.25) is 5.91 Å². The highest BCUT2D eigenvalue weighted by atomic mass is 19.1. The number of carbonyl (C=O) groups excluding carboxylic acids is 1. The van der Waals surface area contributed by atoms with Crippen LogP contribution in [0.4, 0.5) is 4.39 Å². The van der Waals surface area contributed by atoms with E-state index in [-0.39, 0.29) is 29.7 Å². The largest absolute Gasteiger partial charge is 0.370 e. The van der Waals surface area contributed by atoms with E-state index in [1.165, 1.54) is 12.1 Å². The summed E-state index contributed by atoms with van der Waals surface area (Å²) in [5, 5.41) is 7.43. The third kappa shape index (κ3) is 4.27. The maximum Gasteiger partial charge on any atom is 0.223 e. The molecule has 0 spiro atoms. The minimum absolute atomic E-state index is 0.0147.